The van der Waals surface area contributed by atoms with Crippen molar-refractivity contribution in [1.82, 2.24) is 5.32 Å². The molecule has 0 spiro atoms. The van der Waals surface area contributed by atoms with Crippen LogP contribution >= 0.6 is 11.6 Å². The highest BCUT2D eigenvalue weighted by atomic mass is 35.5. The lowest BCUT2D eigenvalue weighted by Crippen LogP contribution is -2.13. The van der Waals surface area contributed by atoms with Crippen LogP contribution in [0, 0.1) is 20.8 Å². The molecule has 3 aromatic rings. The van der Waals surface area contributed by atoms with E-state index in [0.717, 1.165) is 49.5 Å². The van der Waals surface area contributed by atoms with Gasteiger partial charge in [0.2, 0.25) is 0 Å². The summed E-state index contributed by atoms with van der Waals surface area (Å²) in [6.45, 7) is 10.7. The van der Waals surface area contributed by atoms with Crippen LogP contribution in [0.15, 0.2) is 66.7 Å². The predicted molar refractivity (Wildman–Crippen MR) is 137 cm³/mol. The fraction of sp³-hybridized carbons (Fsp3) is 0.345. The van der Waals surface area contributed by atoms with Crippen LogP contribution in [-0.2, 0) is 13.0 Å². The molecule has 0 aliphatic heterocycles. The molecule has 0 saturated heterocycles. The van der Waals surface area contributed by atoms with E-state index in [0.29, 0.717) is 12.5 Å². The molecule has 0 bridgehead atoms. The summed E-state index contributed by atoms with van der Waals surface area (Å²) in [5.41, 5.74) is 6.63. The molecule has 2 nitrogen and oxygen atoms in total. The maximum absolute atomic E-state index is 6.30. The first-order chi connectivity index (χ1) is 15.5. The lowest BCUT2D eigenvalue weighted by atomic mass is 9.87. The van der Waals surface area contributed by atoms with E-state index in [2.05, 4.69) is 86.8 Å². The first-order valence-corrected chi connectivity index (χ1v) is 12.0. The Morgan fingerprint density at radius 1 is 0.938 bits per heavy atom. The number of rotatable bonds is 12. The Kier molecular flexibility index (Phi) is 9.64. The third kappa shape index (κ3) is 7.69. The average molecular weight is 449 g/mol. The van der Waals surface area contributed by atoms with Crippen molar-refractivity contribution in [3.05, 3.63) is 106 Å². The van der Waals surface area contributed by atoms with Crippen molar-refractivity contribution in [3.8, 4) is 5.75 Å². The molecule has 0 aromatic heterocycles. The fourth-order valence-electron chi connectivity index (χ4n) is 3.94. The minimum Gasteiger partial charge on any atom is -0.494 e. The first-order valence-electron chi connectivity index (χ1n) is 11.6. The summed E-state index contributed by atoms with van der Waals surface area (Å²) in [5.74, 6) is 1.35. The molecule has 0 fully saturated rings. The van der Waals surface area contributed by atoms with Crippen LogP contribution in [0.2, 0.25) is 5.02 Å². The van der Waals surface area contributed by atoms with Gasteiger partial charge in [0.05, 0.1) is 6.61 Å². The Bertz CT molecular complexity index is 967. The molecule has 3 aromatic carbocycles. The monoisotopic (exact) mass is 448 g/mol. The van der Waals surface area contributed by atoms with Gasteiger partial charge in [0.1, 0.15) is 5.75 Å². The van der Waals surface area contributed by atoms with Gasteiger partial charge in [-0.25, -0.2) is 0 Å². The molecule has 0 saturated carbocycles. The topological polar surface area (TPSA) is 21.3 Å². The van der Waals surface area contributed by atoms with Gasteiger partial charge in [0, 0.05) is 11.6 Å². The summed E-state index contributed by atoms with van der Waals surface area (Å²) >= 11 is 6.30. The lowest BCUT2D eigenvalue weighted by molar-refractivity contribution is 0.301. The maximum Gasteiger partial charge on any atom is 0.119 e. The van der Waals surface area contributed by atoms with Gasteiger partial charge in [-0.15, -0.1) is 0 Å². The zero-order chi connectivity index (χ0) is 22.8. The number of halogens is 1. The minimum atomic E-state index is 0.418. The SMILES string of the molecule is [CH2]CCNCc1ccc(OCCCC(Cc2ccc(C)c(C)c2)c2cccc(Cl)c2)cc1. The van der Waals surface area contributed by atoms with Crippen LogP contribution in [0.1, 0.15) is 53.0 Å². The second kappa shape index (κ2) is 12.7. The van der Waals surface area contributed by atoms with E-state index < -0.39 is 0 Å². The maximum atomic E-state index is 6.30. The standard InChI is InChI=1S/C29H35ClNO/c1-4-16-31-21-24-12-14-29(15-13-24)32-17-6-8-26(27-7-5-9-28(30)20-27)19-25-11-10-22(2)23(3)18-25/h5,7,9-15,18,20,26,31H,1,4,6,8,16-17,19,21H2,2-3H3. The zero-order valence-electron chi connectivity index (χ0n) is 19.4. The van der Waals surface area contributed by atoms with E-state index in [-0.39, 0.29) is 0 Å². The largest absolute Gasteiger partial charge is 0.494 e. The molecule has 1 unspecified atom stereocenters. The summed E-state index contributed by atoms with van der Waals surface area (Å²) in [4.78, 5) is 0. The normalized spacial score (nSPS) is 12.0. The molecule has 0 heterocycles. The molecule has 3 heteroatoms. The number of ether oxygens (including phenoxy) is 1. The Morgan fingerprint density at radius 2 is 1.72 bits per heavy atom. The van der Waals surface area contributed by atoms with Crippen LogP contribution in [0.25, 0.3) is 0 Å². The second-order valence-electron chi connectivity index (χ2n) is 8.54. The smallest absolute Gasteiger partial charge is 0.119 e. The number of hydrogen-bond acceptors (Lipinski definition) is 2. The van der Waals surface area contributed by atoms with Crippen molar-refractivity contribution in [1.29, 1.82) is 0 Å². The van der Waals surface area contributed by atoms with E-state index in [4.69, 9.17) is 16.3 Å². The van der Waals surface area contributed by atoms with Crippen LogP contribution in [-0.4, -0.2) is 13.2 Å². The zero-order valence-corrected chi connectivity index (χ0v) is 20.1. The highest BCUT2D eigenvalue weighted by molar-refractivity contribution is 6.30. The Balaban J connectivity index is 1.56. The van der Waals surface area contributed by atoms with Gasteiger partial charge in [-0.3, -0.25) is 0 Å². The summed E-state index contributed by atoms with van der Waals surface area (Å²) in [7, 11) is 0. The molecule has 1 atom stereocenters. The third-order valence-corrected chi connectivity index (χ3v) is 6.18. The summed E-state index contributed by atoms with van der Waals surface area (Å²) in [6, 6.07) is 23.5. The van der Waals surface area contributed by atoms with Crippen LogP contribution in [0.3, 0.4) is 0 Å². The van der Waals surface area contributed by atoms with Crippen molar-refractivity contribution in [2.45, 2.75) is 52.0 Å². The van der Waals surface area contributed by atoms with Gasteiger partial charge < -0.3 is 10.1 Å². The minimum absolute atomic E-state index is 0.418. The predicted octanol–water partition coefficient (Wildman–Crippen LogP) is 7.46. The molecule has 1 radical (unpaired) electrons. The summed E-state index contributed by atoms with van der Waals surface area (Å²) in [5, 5.41) is 4.17. The van der Waals surface area contributed by atoms with E-state index in [1.807, 2.05) is 6.07 Å². The molecule has 0 amide bonds. The van der Waals surface area contributed by atoms with Crippen molar-refractivity contribution < 1.29 is 4.74 Å². The molecule has 169 valence electrons. The molecular formula is C29H35ClNO. The highest BCUT2D eigenvalue weighted by Gasteiger charge is 2.14. The van der Waals surface area contributed by atoms with Gasteiger partial charge in [-0.2, -0.15) is 0 Å². The van der Waals surface area contributed by atoms with E-state index in [1.165, 1.54) is 27.8 Å². The van der Waals surface area contributed by atoms with E-state index in [9.17, 15) is 0 Å². The fourth-order valence-corrected chi connectivity index (χ4v) is 4.14. The molecule has 1 N–H and O–H groups in total. The number of nitrogens with one attached hydrogen (secondary N) is 1. The molecule has 32 heavy (non-hydrogen) atoms. The quantitative estimate of drug-likeness (QED) is 0.290. The number of aryl methyl sites for hydroxylation is 2. The van der Waals surface area contributed by atoms with Gasteiger partial charge >= 0.3 is 0 Å². The third-order valence-electron chi connectivity index (χ3n) is 5.95. The van der Waals surface area contributed by atoms with Crippen LogP contribution in [0.4, 0.5) is 0 Å². The van der Waals surface area contributed by atoms with Gasteiger partial charge in [-0.1, -0.05) is 61.0 Å². The van der Waals surface area contributed by atoms with Crippen molar-refractivity contribution in [2.24, 2.45) is 0 Å². The van der Waals surface area contributed by atoms with Crippen molar-refractivity contribution in [2.75, 3.05) is 13.2 Å². The Labute approximate surface area is 199 Å². The van der Waals surface area contributed by atoms with Gasteiger partial charge in [0.15, 0.2) is 0 Å². The van der Waals surface area contributed by atoms with E-state index >= 15 is 0 Å². The van der Waals surface area contributed by atoms with Crippen molar-refractivity contribution in [3.63, 3.8) is 0 Å². The van der Waals surface area contributed by atoms with Gasteiger partial charge in [-0.05, 0) is 104 Å². The highest BCUT2D eigenvalue weighted by Crippen LogP contribution is 2.28. The Hall–Kier alpha value is -2.29. The van der Waals surface area contributed by atoms with Crippen LogP contribution in [0.5, 0.6) is 5.75 Å². The molecular weight excluding hydrogens is 414 g/mol. The number of benzene rings is 3. The summed E-state index contributed by atoms with van der Waals surface area (Å²) < 4.78 is 6.03. The van der Waals surface area contributed by atoms with Gasteiger partial charge in [0.25, 0.3) is 0 Å². The lowest BCUT2D eigenvalue weighted by Gasteiger charge is -2.19. The molecule has 0 aliphatic carbocycles. The van der Waals surface area contributed by atoms with Crippen LogP contribution < -0.4 is 10.1 Å². The van der Waals surface area contributed by atoms with E-state index in [1.54, 1.807) is 0 Å². The van der Waals surface area contributed by atoms with Crippen molar-refractivity contribution >= 4 is 11.6 Å². The molecule has 3 rings (SSSR count). The first kappa shape index (κ1) is 24.4. The average Bonchev–Trinajstić information content (AvgIpc) is 2.79. The number of hydrogen-bond donors (Lipinski definition) is 1. The summed E-state index contributed by atoms with van der Waals surface area (Å²) in [6.07, 6.45) is 3.96. The Morgan fingerprint density at radius 3 is 2.44 bits per heavy atom. The molecule has 0 aliphatic rings. The second-order valence-corrected chi connectivity index (χ2v) is 8.98.